The standard InChI is InChI=1S/C16H17N/c1-2-4-14(5-3-1)17-9-8-15-12-6-7-13(10-12)16(15)11-17/h1-8,12-13,16H,9-11H2/t12-,13+,16-/m0/s1. The minimum absolute atomic E-state index is 0.780. The molecule has 0 N–H and O–H groups in total. The van der Waals surface area contributed by atoms with E-state index in [0.717, 1.165) is 24.3 Å². The number of nitrogens with zero attached hydrogens (tertiary/aromatic N) is 1. The van der Waals surface area contributed by atoms with E-state index in [1.165, 1.54) is 18.7 Å². The first-order chi connectivity index (χ1) is 8.42. The molecule has 1 heterocycles. The average molecular weight is 223 g/mol. The maximum atomic E-state index is 2.52. The molecule has 2 aliphatic carbocycles. The zero-order valence-corrected chi connectivity index (χ0v) is 9.92. The third kappa shape index (κ3) is 1.38. The minimum atomic E-state index is 0.780. The lowest BCUT2D eigenvalue weighted by Gasteiger charge is -2.35. The van der Waals surface area contributed by atoms with Crippen LogP contribution in [0.5, 0.6) is 0 Å². The Morgan fingerprint density at radius 3 is 2.82 bits per heavy atom. The van der Waals surface area contributed by atoms with Crippen LogP contribution in [0.25, 0.3) is 0 Å². The van der Waals surface area contributed by atoms with Gasteiger partial charge in [0.15, 0.2) is 0 Å². The summed E-state index contributed by atoms with van der Waals surface area (Å²) < 4.78 is 0. The summed E-state index contributed by atoms with van der Waals surface area (Å²) in [7, 11) is 0. The first-order valence-corrected chi connectivity index (χ1v) is 6.60. The predicted molar refractivity (Wildman–Crippen MR) is 71.0 cm³/mol. The van der Waals surface area contributed by atoms with Gasteiger partial charge in [0, 0.05) is 24.7 Å². The van der Waals surface area contributed by atoms with Crippen molar-refractivity contribution in [2.75, 3.05) is 18.0 Å². The van der Waals surface area contributed by atoms with Gasteiger partial charge in [-0.15, -0.1) is 0 Å². The molecule has 1 nitrogen and oxygen atoms in total. The van der Waals surface area contributed by atoms with Crippen LogP contribution in [0.2, 0.25) is 0 Å². The molecule has 0 radical (unpaired) electrons. The van der Waals surface area contributed by atoms with Crippen LogP contribution in [0.3, 0.4) is 0 Å². The van der Waals surface area contributed by atoms with E-state index in [0.29, 0.717) is 0 Å². The molecule has 0 unspecified atom stereocenters. The highest BCUT2D eigenvalue weighted by Crippen LogP contribution is 2.49. The number of benzene rings is 1. The first kappa shape index (κ1) is 9.52. The number of fused-ring (bicyclic) bond motifs is 5. The third-order valence-corrected chi connectivity index (χ3v) is 4.58. The van der Waals surface area contributed by atoms with Gasteiger partial charge in [-0.2, -0.15) is 0 Å². The van der Waals surface area contributed by atoms with Gasteiger partial charge in [0.25, 0.3) is 0 Å². The Kier molecular flexibility index (Phi) is 1.96. The lowest BCUT2D eigenvalue weighted by Crippen LogP contribution is -2.36. The van der Waals surface area contributed by atoms with E-state index in [1.807, 2.05) is 0 Å². The topological polar surface area (TPSA) is 3.24 Å². The van der Waals surface area contributed by atoms with Crippen molar-refractivity contribution in [2.24, 2.45) is 17.8 Å². The molecule has 0 spiro atoms. The SMILES string of the molecule is C1=C[C@H]2C[C@@H]1[C@@H]1CN(c3ccccc3)CC=C12. The Hall–Kier alpha value is -1.50. The molecule has 17 heavy (non-hydrogen) atoms. The van der Waals surface area contributed by atoms with Crippen LogP contribution in [0.4, 0.5) is 5.69 Å². The van der Waals surface area contributed by atoms with Crippen molar-refractivity contribution < 1.29 is 0 Å². The molecule has 1 aromatic carbocycles. The predicted octanol–water partition coefficient (Wildman–Crippen LogP) is 3.26. The molecule has 1 fully saturated rings. The molecule has 1 saturated carbocycles. The van der Waals surface area contributed by atoms with Gasteiger partial charge in [-0.05, 0) is 30.4 Å². The Morgan fingerprint density at radius 1 is 1.06 bits per heavy atom. The van der Waals surface area contributed by atoms with Crippen molar-refractivity contribution in [1.82, 2.24) is 0 Å². The van der Waals surface area contributed by atoms with Crippen LogP contribution in [-0.2, 0) is 0 Å². The lowest BCUT2D eigenvalue weighted by atomic mass is 9.85. The van der Waals surface area contributed by atoms with E-state index < -0.39 is 0 Å². The van der Waals surface area contributed by atoms with E-state index in [4.69, 9.17) is 0 Å². The Balaban J connectivity index is 1.63. The average Bonchev–Trinajstić information content (AvgIpc) is 3.01. The zero-order valence-electron chi connectivity index (χ0n) is 9.92. The summed E-state index contributed by atoms with van der Waals surface area (Å²) in [6.07, 6.45) is 8.72. The number of rotatable bonds is 1. The summed E-state index contributed by atoms with van der Waals surface area (Å²) in [6, 6.07) is 10.8. The van der Waals surface area contributed by atoms with Crippen LogP contribution >= 0.6 is 0 Å². The van der Waals surface area contributed by atoms with Crippen molar-refractivity contribution in [2.45, 2.75) is 6.42 Å². The van der Waals surface area contributed by atoms with Crippen molar-refractivity contribution in [3.8, 4) is 0 Å². The molecule has 0 amide bonds. The van der Waals surface area contributed by atoms with Crippen molar-refractivity contribution in [3.63, 3.8) is 0 Å². The Morgan fingerprint density at radius 2 is 1.94 bits per heavy atom. The van der Waals surface area contributed by atoms with Gasteiger partial charge in [0.2, 0.25) is 0 Å². The van der Waals surface area contributed by atoms with Crippen LogP contribution in [0.1, 0.15) is 6.42 Å². The first-order valence-electron chi connectivity index (χ1n) is 6.60. The largest absolute Gasteiger partial charge is 0.367 e. The Labute approximate surface area is 102 Å². The van der Waals surface area contributed by atoms with Gasteiger partial charge >= 0.3 is 0 Å². The second-order valence-corrected chi connectivity index (χ2v) is 5.44. The second-order valence-electron chi connectivity index (χ2n) is 5.44. The molecule has 0 saturated heterocycles. The molecule has 0 aromatic heterocycles. The van der Waals surface area contributed by atoms with Crippen LogP contribution in [-0.4, -0.2) is 13.1 Å². The van der Waals surface area contributed by atoms with Crippen LogP contribution < -0.4 is 4.90 Å². The fourth-order valence-corrected chi connectivity index (χ4v) is 3.72. The highest BCUT2D eigenvalue weighted by Gasteiger charge is 2.42. The fourth-order valence-electron chi connectivity index (χ4n) is 3.72. The number of anilines is 1. The molecule has 3 atom stereocenters. The maximum absolute atomic E-state index is 2.52. The van der Waals surface area contributed by atoms with Crippen molar-refractivity contribution >= 4 is 5.69 Å². The van der Waals surface area contributed by atoms with Crippen molar-refractivity contribution in [3.05, 3.63) is 54.1 Å². The highest BCUT2D eigenvalue weighted by atomic mass is 15.1. The van der Waals surface area contributed by atoms with E-state index in [1.54, 1.807) is 5.57 Å². The molecule has 1 aromatic rings. The minimum Gasteiger partial charge on any atom is -0.367 e. The Bertz CT molecular complexity index is 486. The van der Waals surface area contributed by atoms with E-state index in [2.05, 4.69) is 53.5 Å². The summed E-state index contributed by atoms with van der Waals surface area (Å²) in [4.78, 5) is 2.52. The molecule has 4 rings (SSSR count). The van der Waals surface area contributed by atoms with Gasteiger partial charge in [0.1, 0.15) is 0 Å². The van der Waals surface area contributed by atoms with E-state index in [-0.39, 0.29) is 0 Å². The molecule has 86 valence electrons. The monoisotopic (exact) mass is 223 g/mol. The molecule has 1 aliphatic heterocycles. The fraction of sp³-hybridized carbons (Fsp3) is 0.375. The molecule has 3 aliphatic rings. The summed E-state index contributed by atoms with van der Waals surface area (Å²) in [5.41, 5.74) is 3.10. The van der Waals surface area contributed by atoms with Gasteiger partial charge in [-0.25, -0.2) is 0 Å². The zero-order chi connectivity index (χ0) is 11.2. The maximum Gasteiger partial charge on any atom is 0.0369 e. The van der Waals surface area contributed by atoms with Gasteiger partial charge < -0.3 is 4.90 Å². The number of para-hydroxylation sites is 1. The summed E-state index contributed by atoms with van der Waals surface area (Å²) in [5.74, 6) is 2.39. The molecular formula is C16H17N. The summed E-state index contributed by atoms with van der Waals surface area (Å²) >= 11 is 0. The highest BCUT2D eigenvalue weighted by molar-refractivity contribution is 5.50. The quantitative estimate of drug-likeness (QED) is 0.661. The number of allylic oxidation sites excluding steroid dienone is 2. The summed E-state index contributed by atoms with van der Waals surface area (Å²) in [6.45, 7) is 2.30. The smallest absolute Gasteiger partial charge is 0.0369 e. The lowest BCUT2D eigenvalue weighted by molar-refractivity contribution is 0.494. The van der Waals surface area contributed by atoms with Crippen LogP contribution in [0, 0.1) is 17.8 Å². The summed E-state index contributed by atoms with van der Waals surface area (Å²) in [5, 5.41) is 0. The molecular weight excluding hydrogens is 206 g/mol. The van der Waals surface area contributed by atoms with Crippen molar-refractivity contribution in [1.29, 1.82) is 0 Å². The van der Waals surface area contributed by atoms with Gasteiger partial charge in [-0.1, -0.05) is 42.0 Å². The van der Waals surface area contributed by atoms with Gasteiger partial charge in [-0.3, -0.25) is 0 Å². The molecule has 1 heteroatoms. The van der Waals surface area contributed by atoms with E-state index >= 15 is 0 Å². The van der Waals surface area contributed by atoms with E-state index in [9.17, 15) is 0 Å². The number of hydrogen-bond acceptors (Lipinski definition) is 1. The normalized spacial score (nSPS) is 33.8. The third-order valence-electron chi connectivity index (χ3n) is 4.58. The molecule has 2 bridgehead atoms. The second kappa shape index (κ2) is 3.49. The van der Waals surface area contributed by atoms with Gasteiger partial charge in [0.05, 0.1) is 0 Å². The number of hydrogen-bond donors (Lipinski definition) is 0. The van der Waals surface area contributed by atoms with Crippen LogP contribution in [0.15, 0.2) is 54.1 Å².